The van der Waals surface area contributed by atoms with Crippen molar-refractivity contribution in [3.63, 3.8) is 0 Å². The van der Waals surface area contributed by atoms with Gasteiger partial charge in [0.25, 0.3) is 5.91 Å². The van der Waals surface area contributed by atoms with Gasteiger partial charge in [0.2, 0.25) is 5.91 Å². The molecule has 1 aliphatic rings. The predicted molar refractivity (Wildman–Crippen MR) is 79.5 cm³/mol. The van der Waals surface area contributed by atoms with Crippen molar-refractivity contribution in [1.82, 2.24) is 0 Å². The number of hydrogen-bond donors (Lipinski definition) is 1. The Balaban J connectivity index is 2.00. The second-order valence-corrected chi connectivity index (χ2v) is 5.37. The van der Waals surface area contributed by atoms with E-state index >= 15 is 0 Å². The number of rotatable bonds is 8. The normalized spacial score (nSPS) is 17.6. The van der Waals surface area contributed by atoms with E-state index in [4.69, 9.17) is 4.74 Å². The summed E-state index contributed by atoms with van der Waals surface area (Å²) >= 11 is 0. The molecule has 23 heavy (non-hydrogen) atoms. The smallest absolute Gasteiger partial charge is 0.292 e. The number of nitrogens with zero attached hydrogens (tertiary/aromatic N) is 1. The molecule has 0 aromatic heterocycles. The maximum Gasteiger partial charge on any atom is 0.292 e. The van der Waals surface area contributed by atoms with Crippen LogP contribution in [0.15, 0.2) is 24.3 Å². The number of ether oxygens (including phenoxy) is 1. The maximum atomic E-state index is 12.3. The molecule has 1 aromatic carbocycles. The Hall–Kier alpha value is -2.41. The lowest BCUT2D eigenvalue weighted by Gasteiger charge is -2.15. The quantitative estimate of drug-likeness (QED) is 0.607. The van der Waals surface area contributed by atoms with Gasteiger partial charge in [-0.2, -0.15) is 0 Å². The molecule has 1 aromatic rings. The SMILES string of the molecule is CCCOc1ccc(N2C(=O)C[C@H]([NH2+]CCC(=O)[O-])C2=O)cc1. The number of quaternary nitrogens is 1. The van der Waals surface area contributed by atoms with E-state index in [0.717, 1.165) is 11.3 Å². The van der Waals surface area contributed by atoms with Crippen molar-refractivity contribution in [2.24, 2.45) is 0 Å². The van der Waals surface area contributed by atoms with Crippen molar-refractivity contribution in [2.75, 3.05) is 18.1 Å². The van der Waals surface area contributed by atoms with Crippen LogP contribution in [-0.4, -0.2) is 37.0 Å². The summed E-state index contributed by atoms with van der Waals surface area (Å²) in [6.07, 6.45) is 0.815. The highest BCUT2D eigenvalue weighted by Crippen LogP contribution is 2.24. The summed E-state index contributed by atoms with van der Waals surface area (Å²) in [6.45, 7) is 2.83. The Morgan fingerprint density at radius 3 is 2.65 bits per heavy atom. The zero-order valence-electron chi connectivity index (χ0n) is 13.0. The molecule has 7 heteroatoms. The Labute approximate surface area is 134 Å². The van der Waals surface area contributed by atoms with Gasteiger partial charge < -0.3 is 20.0 Å². The molecular weight excluding hydrogens is 300 g/mol. The van der Waals surface area contributed by atoms with Gasteiger partial charge in [-0.05, 0) is 30.7 Å². The summed E-state index contributed by atoms with van der Waals surface area (Å²) in [6, 6.07) is 6.21. The molecule has 0 spiro atoms. The van der Waals surface area contributed by atoms with Gasteiger partial charge >= 0.3 is 0 Å². The van der Waals surface area contributed by atoms with Crippen molar-refractivity contribution >= 4 is 23.5 Å². The molecule has 2 amide bonds. The molecule has 0 bridgehead atoms. The number of carbonyl (C=O) groups is 3. The van der Waals surface area contributed by atoms with Crippen LogP contribution >= 0.6 is 0 Å². The second-order valence-electron chi connectivity index (χ2n) is 5.37. The number of nitrogens with two attached hydrogens (primary N) is 1. The standard InChI is InChI=1S/C16H20N2O5/c1-2-9-23-12-5-3-11(4-6-12)18-14(19)10-13(16(18)22)17-8-7-15(20)21/h3-6,13,17H,2,7-10H2,1H3,(H,20,21)/t13-/m0/s1. The van der Waals surface area contributed by atoms with E-state index in [-0.39, 0.29) is 31.2 Å². The maximum absolute atomic E-state index is 12.3. The van der Waals surface area contributed by atoms with Crippen LogP contribution in [0.2, 0.25) is 0 Å². The summed E-state index contributed by atoms with van der Waals surface area (Å²) in [5.74, 6) is -1.09. The molecule has 1 fully saturated rings. The van der Waals surface area contributed by atoms with Crippen LogP contribution in [0, 0.1) is 0 Å². The molecule has 0 unspecified atom stereocenters. The van der Waals surface area contributed by atoms with E-state index in [1.54, 1.807) is 29.6 Å². The molecular formula is C16H20N2O5. The fourth-order valence-electron chi connectivity index (χ4n) is 2.42. The van der Waals surface area contributed by atoms with E-state index in [9.17, 15) is 19.5 Å². The Morgan fingerprint density at radius 1 is 1.35 bits per heavy atom. The monoisotopic (exact) mass is 320 g/mol. The number of carbonyl (C=O) groups excluding carboxylic acids is 3. The van der Waals surface area contributed by atoms with Crippen LogP contribution in [0.1, 0.15) is 26.2 Å². The molecule has 0 radical (unpaired) electrons. The molecule has 0 aliphatic carbocycles. The fourth-order valence-corrected chi connectivity index (χ4v) is 2.42. The van der Waals surface area contributed by atoms with Crippen LogP contribution < -0.4 is 20.1 Å². The van der Waals surface area contributed by atoms with E-state index in [1.165, 1.54) is 0 Å². The van der Waals surface area contributed by atoms with Gasteiger partial charge in [-0.1, -0.05) is 6.92 Å². The number of anilines is 1. The van der Waals surface area contributed by atoms with Gasteiger partial charge in [0.15, 0.2) is 6.04 Å². The third-order valence-corrected chi connectivity index (χ3v) is 3.55. The molecule has 1 atom stereocenters. The second kappa shape index (κ2) is 7.73. The molecule has 124 valence electrons. The lowest BCUT2D eigenvalue weighted by atomic mass is 10.2. The highest BCUT2D eigenvalue weighted by Gasteiger charge is 2.41. The third kappa shape index (κ3) is 4.29. The lowest BCUT2D eigenvalue weighted by molar-refractivity contribution is -0.674. The van der Waals surface area contributed by atoms with E-state index < -0.39 is 12.0 Å². The molecule has 2 rings (SSSR count). The van der Waals surface area contributed by atoms with Gasteiger partial charge in [0.1, 0.15) is 5.75 Å². The van der Waals surface area contributed by atoms with Crippen LogP contribution in [-0.2, 0) is 14.4 Å². The molecule has 1 aliphatic heterocycles. The third-order valence-electron chi connectivity index (χ3n) is 3.55. The minimum Gasteiger partial charge on any atom is -0.550 e. The minimum atomic E-state index is -1.17. The van der Waals surface area contributed by atoms with Gasteiger partial charge in [-0.15, -0.1) is 0 Å². The van der Waals surface area contributed by atoms with Gasteiger partial charge in [0.05, 0.1) is 25.3 Å². The number of carboxylic acids is 1. The van der Waals surface area contributed by atoms with Crippen LogP contribution in [0.25, 0.3) is 0 Å². The van der Waals surface area contributed by atoms with E-state index in [1.807, 2.05) is 6.92 Å². The molecule has 1 saturated heterocycles. The molecule has 1 heterocycles. The summed E-state index contributed by atoms with van der Waals surface area (Å²) in [5.41, 5.74) is 0.500. The number of hydrogen-bond acceptors (Lipinski definition) is 5. The summed E-state index contributed by atoms with van der Waals surface area (Å²) in [4.78, 5) is 36.0. The molecule has 2 N–H and O–H groups in total. The molecule has 0 saturated carbocycles. The summed E-state index contributed by atoms with van der Waals surface area (Å²) < 4.78 is 5.47. The average molecular weight is 320 g/mol. The van der Waals surface area contributed by atoms with Crippen molar-refractivity contribution in [1.29, 1.82) is 0 Å². The number of amides is 2. The van der Waals surface area contributed by atoms with Crippen molar-refractivity contribution in [3.05, 3.63) is 24.3 Å². The lowest BCUT2D eigenvalue weighted by Crippen LogP contribution is -2.91. The summed E-state index contributed by atoms with van der Waals surface area (Å²) in [7, 11) is 0. The predicted octanol–water partition coefficient (Wildman–Crippen LogP) is -1.19. The average Bonchev–Trinajstić information content (AvgIpc) is 2.80. The highest BCUT2D eigenvalue weighted by molar-refractivity contribution is 6.21. The Kier molecular flexibility index (Phi) is 5.70. The first-order chi connectivity index (χ1) is 11.0. The number of carboxylic acid groups (broad SMARTS) is 1. The van der Waals surface area contributed by atoms with Crippen LogP contribution in [0.5, 0.6) is 5.75 Å². The largest absolute Gasteiger partial charge is 0.550 e. The topological polar surface area (TPSA) is 103 Å². The first-order valence-electron chi connectivity index (χ1n) is 7.65. The first kappa shape index (κ1) is 17.0. The number of imide groups is 1. The fraction of sp³-hybridized carbons (Fsp3) is 0.438. The zero-order valence-corrected chi connectivity index (χ0v) is 13.0. The van der Waals surface area contributed by atoms with Crippen LogP contribution in [0.3, 0.4) is 0 Å². The minimum absolute atomic E-state index is 0.0694. The van der Waals surface area contributed by atoms with Gasteiger partial charge in [-0.25, -0.2) is 4.90 Å². The Morgan fingerprint density at radius 2 is 2.04 bits per heavy atom. The van der Waals surface area contributed by atoms with Crippen LogP contribution in [0.4, 0.5) is 5.69 Å². The number of aliphatic carboxylic acids is 1. The summed E-state index contributed by atoms with van der Waals surface area (Å²) in [5, 5.41) is 12.0. The first-order valence-corrected chi connectivity index (χ1v) is 7.65. The number of benzene rings is 1. The zero-order chi connectivity index (χ0) is 16.8. The highest BCUT2D eigenvalue weighted by atomic mass is 16.5. The van der Waals surface area contributed by atoms with Crippen molar-refractivity contribution < 1.29 is 29.5 Å². The van der Waals surface area contributed by atoms with Gasteiger partial charge in [0, 0.05) is 12.4 Å². The van der Waals surface area contributed by atoms with Crippen molar-refractivity contribution in [3.8, 4) is 5.75 Å². The van der Waals surface area contributed by atoms with E-state index in [0.29, 0.717) is 18.0 Å². The van der Waals surface area contributed by atoms with Crippen molar-refractivity contribution in [2.45, 2.75) is 32.2 Å². The van der Waals surface area contributed by atoms with Gasteiger partial charge in [-0.3, -0.25) is 9.59 Å². The molecule has 7 nitrogen and oxygen atoms in total. The Bertz CT molecular complexity index is 585. The van der Waals surface area contributed by atoms with E-state index in [2.05, 4.69) is 0 Å².